The van der Waals surface area contributed by atoms with Crippen LogP contribution in [0.15, 0.2) is 29.4 Å². The fourth-order valence-corrected chi connectivity index (χ4v) is 3.84. The molecule has 0 spiro atoms. The molecule has 0 aliphatic carbocycles. The number of fused-ring (bicyclic) bond motifs is 1. The summed E-state index contributed by atoms with van der Waals surface area (Å²) in [6.45, 7) is 4.14. The van der Waals surface area contributed by atoms with Crippen LogP contribution in [0.4, 0.5) is 0 Å². The third-order valence-electron chi connectivity index (χ3n) is 4.39. The predicted octanol–water partition coefficient (Wildman–Crippen LogP) is 3.22. The Morgan fingerprint density at radius 3 is 3.14 bits per heavy atom. The summed E-state index contributed by atoms with van der Waals surface area (Å²) in [6.07, 6.45) is 7.46. The van der Waals surface area contributed by atoms with Crippen molar-refractivity contribution in [3.63, 3.8) is 0 Å². The van der Waals surface area contributed by atoms with Gasteiger partial charge in [0.15, 0.2) is 0 Å². The zero-order valence-electron chi connectivity index (χ0n) is 12.6. The second-order valence-corrected chi connectivity index (χ2v) is 6.60. The van der Waals surface area contributed by atoms with Crippen LogP contribution in [0.3, 0.4) is 0 Å². The zero-order valence-corrected chi connectivity index (χ0v) is 13.5. The molecule has 5 nitrogen and oxygen atoms in total. The number of piperidine rings is 1. The number of likely N-dealkylation sites (tertiary alicyclic amines) is 1. The van der Waals surface area contributed by atoms with Crippen LogP contribution in [0, 0.1) is 6.92 Å². The number of aromatic nitrogens is 4. The number of aryl methyl sites for hydroxylation is 1. The molecule has 0 radical (unpaired) electrons. The maximum atomic E-state index is 4.79. The summed E-state index contributed by atoms with van der Waals surface area (Å²) in [5.74, 6) is 0.800. The lowest BCUT2D eigenvalue weighted by Gasteiger charge is -2.35. The normalized spacial score (nSPS) is 19.8. The van der Waals surface area contributed by atoms with Crippen molar-refractivity contribution in [2.45, 2.75) is 38.8 Å². The van der Waals surface area contributed by atoms with Gasteiger partial charge >= 0.3 is 0 Å². The van der Waals surface area contributed by atoms with Gasteiger partial charge in [-0.2, -0.15) is 0 Å². The summed E-state index contributed by atoms with van der Waals surface area (Å²) in [5, 5.41) is 2.14. The van der Waals surface area contributed by atoms with E-state index in [4.69, 9.17) is 4.98 Å². The second-order valence-electron chi connectivity index (χ2n) is 5.88. The Hall–Kier alpha value is -1.79. The molecule has 1 atom stereocenters. The topological polar surface area (TPSA) is 46.3 Å². The number of thiazole rings is 1. The van der Waals surface area contributed by atoms with Gasteiger partial charge in [0.1, 0.15) is 0 Å². The van der Waals surface area contributed by atoms with Crippen LogP contribution in [-0.4, -0.2) is 30.8 Å². The molecule has 1 aliphatic heterocycles. The number of rotatable bonds is 3. The Kier molecular flexibility index (Phi) is 3.63. The molecule has 3 aromatic heterocycles. The molecule has 0 aromatic carbocycles. The molecule has 22 heavy (non-hydrogen) atoms. The van der Waals surface area contributed by atoms with Crippen molar-refractivity contribution in [2.75, 3.05) is 6.54 Å². The van der Waals surface area contributed by atoms with Crippen molar-refractivity contribution in [3.05, 3.63) is 46.4 Å². The van der Waals surface area contributed by atoms with Crippen molar-refractivity contribution >= 4 is 17.1 Å². The van der Waals surface area contributed by atoms with Crippen molar-refractivity contribution in [1.29, 1.82) is 0 Å². The Balaban J connectivity index is 1.67. The van der Waals surface area contributed by atoms with E-state index in [-0.39, 0.29) is 0 Å². The van der Waals surface area contributed by atoms with Crippen molar-refractivity contribution < 1.29 is 0 Å². The van der Waals surface area contributed by atoms with E-state index in [0.29, 0.717) is 6.04 Å². The monoisotopic (exact) mass is 313 g/mol. The summed E-state index contributed by atoms with van der Waals surface area (Å²) in [5.41, 5.74) is 5.41. The van der Waals surface area contributed by atoms with Gasteiger partial charge in [0.2, 0.25) is 5.78 Å². The van der Waals surface area contributed by atoms with Crippen LogP contribution in [-0.2, 0) is 6.54 Å². The highest BCUT2D eigenvalue weighted by molar-refractivity contribution is 7.07. The quantitative estimate of drug-likeness (QED) is 0.745. The van der Waals surface area contributed by atoms with Crippen LogP contribution in [0.2, 0.25) is 0 Å². The molecule has 1 aliphatic rings. The molecule has 4 rings (SSSR count). The lowest BCUT2D eigenvalue weighted by molar-refractivity contribution is 0.136. The zero-order chi connectivity index (χ0) is 14.9. The highest BCUT2D eigenvalue weighted by Crippen LogP contribution is 2.31. The number of imidazole rings is 1. The minimum absolute atomic E-state index is 0.371. The largest absolute Gasteiger partial charge is 0.289 e. The van der Waals surface area contributed by atoms with E-state index >= 15 is 0 Å². The van der Waals surface area contributed by atoms with E-state index in [1.165, 1.54) is 18.5 Å². The van der Waals surface area contributed by atoms with E-state index in [9.17, 15) is 0 Å². The molecular formula is C16H19N5S. The van der Waals surface area contributed by atoms with Gasteiger partial charge in [-0.1, -0.05) is 6.42 Å². The smallest absolute Gasteiger partial charge is 0.234 e. The van der Waals surface area contributed by atoms with E-state index in [0.717, 1.165) is 36.7 Å². The molecule has 4 heterocycles. The van der Waals surface area contributed by atoms with Crippen LogP contribution < -0.4 is 0 Å². The fourth-order valence-electron chi connectivity index (χ4n) is 3.29. The average Bonchev–Trinajstić information content (AvgIpc) is 3.19. The highest BCUT2D eigenvalue weighted by atomic mass is 32.1. The molecule has 0 amide bonds. The first kappa shape index (κ1) is 13.8. The Morgan fingerprint density at radius 1 is 1.32 bits per heavy atom. The molecule has 0 unspecified atom stereocenters. The van der Waals surface area contributed by atoms with Crippen molar-refractivity contribution in [2.24, 2.45) is 0 Å². The van der Waals surface area contributed by atoms with Crippen molar-refractivity contribution in [1.82, 2.24) is 24.3 Å². The fraction of sp³-hybridized carbons (Fsp3) is 0.438. The summed E-state index contributed by atoms with van der Waals surface area (Å²) in [6, 6.07) is 2.58. The van der Waals surface area contributed by atoms with Gasteiger partial charge in [0.05, 0.1) is 22.9 Å². The van der Waals surface area contributed by atoms with Crippen molar-refractivity contribution in [3.8, 4) is 0 Å². The molecule has 6 heteroatoms. The maximum Gasteiger partial charge on any atom is 0.234 e. The Bertz CT molecular complexity index is 764. The third-order valence-corrected chi connectivity index (χ3v) is 5.03. The lowest BCUT2D eigenvalue weighted by Crippen LogP contribution is -2.33. The second kappa shape index (κ2) is 5.78. The maximum absolute atomic E-state index is 4.79. The van der Waals surface area contributed by atoms with E-state index in [2.05, 4.69) is 33.2 Å². The van der Waals surface area contributed by atoms with Crippen LogP contribution in [0.25, 0.3) is 5.78 Å². The minimum Gasteiger partial charge on any atom is -0.289 e. The molecule has 114 valence electrons. The molecule has 1 fully saturated rings. The molecular weight excluding hydrogens is 294 g/mol. The Labute approximate surface area is 133 Å². The summed E-state index contributed by atoms with van der Waals surface area (Å²) in [4.78, 5) is 16.1. The van der Waals surface area contributed by atoms with Gasteiger partial charge in [-0.3, -0.25) is 9.30 Å². The number of nitrogens with zero attached hydrogens (tertiary/aromatic N) is 5. The molecule has 3 aromatic rings. The standard InChI is InChI=1S/C16H19N5S/c1-12-8-14(19-16-17-5-7-21(12)16)15-4-2-3-6-20(15)9-13-10-22-11-18-13/h5,7-8,10-11,15H,2-4,6,9H2,1H3/t15-/m0/s1. The van der Waals surface area contributed by atoms with Gasteiger partial charge in [-0.25, -0.2) is 15.0 Å². The summed E-state index contributed by atoms with van der Waals surface area (Å²) in [7, 11) is 0. The van der Waals surface area contributed by atoms with E-state index < -0.39 is 0 Å². The van der Waals surface area contributed by atoms with Crippen LogP contribution >= 0.6 is 11.3 Å². The number of hydrogen-bond acceptors (Lipinski definition) is 5. The first-order valence-corrected chi connectivity index (χ1v) is 8.67. The lowest BCUT2D eigenvalue weighted by atomic mass is 9.98. The van der Waals surface area contributed by atoms with Crippen LogP contribution in [0.1, 0.15) is 42.4 Å². The summed E-state index contributed by atoms with van der Waals surface area (Å²) >= 11 is 1.66. The minimum atomic E-state index is 0.371. The van der Waals surface area contributed by atoms with Gasteiger partial charge < -0.3 is 0 Å². The molecule has 0 saturated carbocycles. The SMILES string of the molecule is Cc1cc([C@@H]2CCCCN2Cc2cscn2)nc2nccn12. The van der Waals surface area contributed by atoms with Gasteiger partial charge in [-0.15, -0.1) is 11.3 Å². The first-order chi connectivity index (χ1) is 10.8. The molecule has 0 N–H and O–H groups in total. The van der Waals surface area contributed by atoms with Gasteiger partial charge in [0.25, 0.3) is 0 Å². The predicted molar refractivity (Wildman–Crippen MR) is 86.8 cm³/mol. The van der Waals surface area contributed by atoms with Gasteiger partial charge in [-0.05, 0) is 32.4 Å². The highest BCUT2D eigenvalue weighted by Gasteiger charge is 2.26. The molecule has 1 saturated heterocycles. The Morgan fingerprint density at radius 2 is 2.27 bits per heavy atom. The van der Waals surface area contributed by atoms with E-state index in [1.807, 2.05) is 22.3 Å². The number of hydrogen-bond donors (Lipinski definition) is 0. The third kappa shape index (κ3) is 2.53. The van der Waals surface area contributed by atoms with Gasteiger partial charge in [0, 0.05) is 30.0 Å². The first-order valence-electron chi connectivity index (χ1n) is 7.73. The summed E-state index contributed by atoms with van der Waals surface area (Å²) < 4.78 is 2.04. The van der Waals surface area contributed by atoms with E-state index in [1.54, 1.807) is 11.3 Å². The van der Waals surface area contributed by atoms with Crippen LogP contribution in [0.5, 0.6) is 0 Å². The average molecular weight is 313 g/mol. The molecule has 0 bridgehead atoms.